The number of aromatic nitrogens is 3. The molecule has 0 bridgehead atoms. The second-order valence-corrected chi connectivity index (χ2v) is 6.71. The van der Waals surface area contributed by atoms with E-state index in [1.54, 1.807) is 18.5 Å². The Labute approximate surface area is 139 Å². The highest BCUT2D eigenvalue weighted by Crippen LogP contribution is 2.43. The van der Waals surface area contributed by atoms with Crippen LogP contribution in [0.3, 0.4) is 0 Å². The normalized spacial score (nSPS) is 18.9. The van der Waals surface area contributed by atoms with Crippen LogP contribution in [0.5, 0.6) is 0 Å². The van der Waals surface area contributed by atoms with Crippen LogP contribution in [0.4, 0.5) is 8.63 Å². The summed E-state index contributed by atoms with van der Waals surface area (Å²) in [6.45, 7) is 3.32. The molecule has 0 radical (unpaired) electrons. The van der Waals surface area contributed by atoms with E-state index in [4.69, 9.17) is 0 Å². The molecule has 0 fully saturated rings. The zero-order valence-electron chi connectivity index (χ0n) is 14.4. The van der Waals surface area contributed by atoms with Gasteiger partial charge in [-0.05, 0) is 44.2 Å². The minimum absolute atomic E-state index is 0.567. The van der Waals surface area contributed by atoms with Gasteiger partial charge in [-0.15, -0.1) is 0 Å². The fourth-order valence-corrected chi connectivity index (χ4v) is 4.09. The van der Waals surface area contributed by atoms with Crippen molar-refractivity contribution in [1.82, 2.24) is 14.3 Å². The number of nitrogens with zero attached hydrogens (tertiary/aromatic N) is 4. The van der Waals surface area contributed by atoms with Crippen LogP contribution in [0.1, 0.15) is 36.5 Å². The van der Waals surface area contributed by atoms with Gasteiger partial charge in [0.1, 0.15) is 11.4 Å². The van der Waals surface area contributed by atoms with Crippen molar-refractivity contribution in [2.75, 3.05) is 0 Å². The lowest BCUT2D eigenvalue weighted by atomic mass is 9.85. The molecular formula is C17H19BF2N4. The average Bonchev–Trinajstić information content (AvgIpc) is 3.10. The summed E-state index contributed by atoms with van der Waals surface area (Å²) in [6, 6.07) is 3.70. The van der Waals surface area contributed by atoms with Gasteiger partial charge in [0.05, 0.1) is 5.57 Å². The molecule has 4 heterocycles. The van der Waals surface area contributed by atoms with Crippen LogP contribution in [0.15, 0.2) is 35.7 Å². The number of hydrogen-bond donors (Lipinski definition) is 0. The van der Waals surface area contributed by atoms with E-state index in [0.717, 1.165) is 16.7 Å². The first kappa shape index (κ1) is 15.1. The second-order valence-electron chi connectivity index (χ2n) is 6.71. The lowest BCUT2D eigenvalue weighted by Gasteiger charge is -2.33. The van der Waals surface area contributed by atoms with Crippen molar-refractivity contribution < 1.29 is 13.1 Å². The molecule has 4 nitrogen and oxygen atoms in total. The molecule has 0 aliphatic carbocycles. The Kier molecular flexibility index (Phi) is 2.87. The minimum Gasteiger partial charge on any atom is -0.393 e. The summed E-state index contributed by atoms with van der Waals surface area (Å²) in [7, 11) is 1.83. The predicted molar refractivity (Wildman–Crippen MR) is 91.2 cm³/mol. The van der Waals surface area contributed by atoms with Gasteiger partial charge < -0.3 is 17.6 Å². The van der Waals surface area contributed by atoms with Crippen molar-refractivity contribution in [3.63, 3.8) is 0 Å². The van der Waals surface area contributed by atoms with Crippen molar-refractivity contribution in [3.8, 4) is 0 Å². The number of allylic oxidation sites excluding steroid dienone is 2. The van der Waals surface area contributed by atoms with Crippen molar-refractivity contribution in [2.45, 2.75) is 27.7 Å². The van der Waals surface area contributed by atoms with Gasteiger partial charge in [-0.25, -0.2) is 0 Å². The molecule has 0 unspecified atom stereocenters. The first-order chi connectivity index (χ1) is 11.2. The fourth-order valence-electron chi connectivity index (χ4n) is 4.09. The molecule has 2 aromatic rings. The lowest BCUT2D eigenvalue weighted by Crippen LogP contribution is -2.51. The van der Waals surface area contributed by atoms with E-state index in [1.807, 2.05) is 45.3 Å². The Morgan fingerprint density at radius 2 is 1.88 bits per heavy atom. The highest BCUT2D eigenvalue weighted by Gasteiger charge is 2.55. The molecule has 2 aliphatic rings. The fraction of sp³-hybridized carbons (Fsp3) is 0.294. The molecule has 0 saturated carbocycles. The summed E-state index contributed by atoms with van der Waals surface area (Å²) in [5.41, 5.74) is 5.47. The van der Waals surface area contributed by atoms with Crippen molar-refractivity contribution >= 4 is 18.3 Å². The monoisotopic (exact) mass is 328 g/mol. The largest absolute Gasteiger partial charge is 0.737 e. The van der Waals surface area contributed by atoms with Crippen LogP contribution >= 0.6 is 0 Å². The van der Waals surface area contributed by atoms with Gasteiger partial charge in [0.25, 0.3) is 0 Å². The van der Waals surface area contributed by atoms with E-state index in [2.05, 4.69) is 5.10 Å². The van der Waals surface area contributed by atoms with E-state index in [9.17, 15) is 0 Å². The van der Waals surface area contributed by atoms with E-state index < -0.39 is 6.97 Å². The maximum atomic E-state index is 15.4. The van der Waals surface area contributed by atoms with Gasteiger partial charge in [0.15, 0.2) is 5.70 Å². The van der Waals surface area contributed by atoms with E-state index in [0.29, 0.717) is 28.5 Å². The number of rotatable bonds is 1. The van der Waals surface area contributed by atoms with Gasteiger partial charge in [0, 0.05) is 37.5 Å². The van der Waals surface area contributed by atoms with Crippen LogP contribution in [-0.4, -0.2) is 31.4 Å². The lowest BCUT2D eigenvalue weighted by molar-refractivity contribution is -0.363. The molecule has 24 heavy (non-hydrogen) atoms. The van der Waals surface area contributed by atoms with Gasteiger partial charge >= 0.3 is 6.97 Å². The summed E-state index contributed by atoms with van der Waals surface area (Å²) in [4.78, 5) is 0. The Bertz CT molecular complexity index is 988. The van der Waals surface area contributed by atoms with Crippen LogP contribution in [0, 0.1) is 13.8 Å². The molecule has 0 saturated heterocycles. The molecule has 0 aromatic carbocycles. The summed E-state index contributed by atoms with van der Waals surface area (Å²) < 4.78 is 34.9. The number of fused-ring (bicyclic) bond motifs is 2. The third-order valence-corrected chi connectivity index (χ3v) is 4.90. The molecular weight excluding hydrogens is 309 g/mol. The quantitative estimate of drug-likeness (QED) is 0.738. The SMILES string of the molecule is CC1=CC(C)=[N+]2C1=C(c1ccn(C)n1)c1c(C)cc(C)n1[B-]2(F)F. The highest BCUT2D eigenvalue weighted by atomic mass is 19.2. The molecule has 4 rings (SSSR count). The average molecular weight is 328 g/mol. The van der Waals surface area contributed by atoms with Gasteiger partial charge in [0.2, 0.25) is 0 Å². The third-order valence-electron chi connectivity index (χ3n) is 4.90. The van der Waals surface area contributed by atoms with Gasteiger partial charge in [-0.2, -0.15) is 5.10 Å². The third kappa shape index (κ3) is 1.72. The van der Waals surface area contributed by atoms with Crippen LogP contribution < -0.4 is 0 Å². The van der Waals surface area contributed by atoms with E-state index in [-0.39, 0.29) is 0 Å². The maximum Gasteiger partial charge on any atom is 0.737 e. The number of hydrogen-bond acceptors (Lipinski definition) is 1. The Hall–Kier alpha value is -2.44. The number of halogens is 2. The molecule has 2 aliphatic heterocycles. The summed E-state index contributed by atoms with van der Waals surface area (Å²) in [5.74, 6) is 0. The molecule has 2 aromatic heterocycles. The van der Waals surface area contributed by atoms with Crippen LogP contribution in [0.25, 0.3) is 5.57 Å². The maximum absolute atomic E-state index is 15.4. The van der Waals surface area contributed by atoms with E-state index in [1.165, 1.54) is 8.96 Å². The van der Waals surface area contributed by atoms with Crippen LogP contribution in [0.2, 0.25) is 0 Å². The second kappa shape index (κ2) is 4.56. The predicted octanol–water partition coefficient (Wildman–Crippen LogP) is 3.27. The van der Waals surface area contributed by atoms with Crippen molar-refractivity contribution in [3.05, 3.63) is 58.3 Å². The first-order valence-corrected chi connectivity index (χ1v) is 8.00. The molecule has 7 heteroatoms. The molecule has 0 spiro atoms. The summed E-state index contributed by atoms with van der Waals surface area (Å²) in [5, 5.41) is 4.50. The highest BCUT2D eigenvalue weighted by molar-refractivity contribution is 6.58. The summed E-state index contributed by atoms with van der Waals surface area (Å²) in [6.07, 6.45) is 3.66. The van der Waals surface area contributed by atoms with Crippen molar-refractivity contribution in [1.29, 1.82) is 0 Å². The molecule has 0 N–H and O–H groups in total. The van der Waals surface area contributed by atoms with Gasteiger partial charge in [-0.3, -0.25) is 4.68 Å². The van der Waals surface area contributed by atoms with Crippen LogP contribution in [-0.2, 0) is 7.05 Å². The molecule has 124 valence electrons. The topological polar surface area (TPSA) is 25.8 Å². The number of aryl methyl sites for hydroxylation is 3. The zero-order chi connectivity index (χ0) is 17.4. The smallest absolute Gasteiger partial charge is 0.393 e. The van der Waals surface area contributed by atoms with Crippen molar-refractivity contribution in [2.24, 2.45) is 7.05 Å². The van der Waals surface area contributed by atoms with Gasteiger partial charge in [-0.1, -0.05) is 0 Å². The molecule has 0 amide bonds. The zero-order valence-corrected chi connectivity index (χ0v) is 14.4. The molecule has 0 atom stereocenters. The Balaban J connectivity index is 2.19. The van der Waals surface area contributed by atoms with E-state index >= 15 is 8.63 Å². The first-order valence-electron chi connectivity index (χ1n) is 8.00. The minimum atomic E-state index is -3.92. The Morgan fingerprint density at radius 3 is 2.50 bits per heavy atom. The standard InChI is InChI=1S/C17H19BF2N4/c1-10-8-12(3)23-16(10)15(14-6-7-22(5)21-14)17-11(2)9-13(4)24(17)18(23,19)20/h6-9H,1-5H3. The Morgan fingerprint density at radius 1 is 1.17 bits per heavy atom. The summed E-state index contributed by atoms with van der Waals surface area (Å²) >= 11 is 0.